The summed E-state index contributed by atoms with van der Waals surface area (Å²) in [5.41, 5.74) is 2.57. The van der Waals surface area contributed by atoms with E-state index in [2.05, 4.69) is 13.8 Å². The molecule has 0 aromatic heterocycles. The molecule has 0 unspecified atom stereocenters. The van der Waals surface area contributed by atoms with Crippen LogP contribution in [-0.4, -0.2) is 24.0 Å². The largest absolute Gasteiger partial charge is 0.273 e. The van der Waals surface area contributed by atoms with Gasteiger partial charge in [-0.1, -0.05) is 49.7 Å². The Morgan fingerprint density at radius 2 is 1.59 bits per heavy atom. The first-order valence-corrected chi connectivity index (χ1v) is 9.43. The lowest BCUT2D eigenvalue weighted by molar-refractivity contribution is -0.126. The summed E-state index contributed by atoms with van der Waals surface area (Å²) in [4.78, 5) is 33.7. The number of aryl methyl sites for hydroxylation is 1. The first-order valence-electron chi connectivity index (χ1n) is 9.43. The zero-order chi connectivity index (χ0) is 19.1. The lowest BCUT2D eigenvalue weighted by Gasteiger charge is -2.29. The van der Waals surface area contributed by atoms with Gasteiger partial charge in [0.15, 0.2) is 6.10 Å². The van der Waals surface area contributed by atoms with Crippen LogP contribution in [0.25, 0.3) is 0 Å². The maximum absolute atomic E-state index is 13.2. The predicted octanol–water partition coefficient (Wildman–Crippen LogP) is 3.72. The van der Waals surface area contributed by atoms with Gasteiger partial charge in [-0.25, -0.2) is 9.96 Å². The van der Waals surface area contributed by atoms with Gasteiger partial charge in [-0.2, -0.15) is 0 Å². The molecule has 0 spiro atoms. The van der Waals surface area contributed by atoms with Gasteiger partial charge in [0.25, 0.3) is 5.91 Å². The maximum atomic E-state index is 13.2. The number of imide groups is 1. The SMILES string of the molecule is Cc1ccc(N2C(=O)[C@H]3[C@H](ON(c4ccccc4)[C@@H]3CC(C)C)C2=O)cc1. The monoisotopic (exact) mass is 364 g/mol. The molecule has 0 saturated carbocycles. The molecule has 140 valence electrons. The Bertz CT molecular complexity index is 848. The highest BCUT2D eigenvalue weighted by atomic mass is 16.7. The molecule has 0 bridgehead atoms. The average molecular weight is 364 g/mol. The molecule has 27 heavy (non-hydrogen) atoms. The molecule has 0 aliphatic carbocycles. The topological polar surface area (TPSA) is 49.9 Å². The van der Waals surface area contributed by atoms with Crippen LogP contribution in [0.2, 0.25) is 0 Å². The Kier molecular flexibility index (Phi) is 4.48. The van der Waals surface area contributed by atoms with Gasteiger partial charge in [-0.15, -0.1) is 0 Å². The van der Waals surface area contributed by atoms with E-state index in [-0.39, 0.29) is 17.9 Å². The third kappa shape index (κ3) is 3.02. The minimum Gasteiger partial charge on any atom is -0.273 e. The van der Waals surface area contributed by atoms with Crippen molar-refractivity contribution in [1.29, 1.82) is 0 Å². The molecule has 2 aliphatic heterocycles. The predicted molar refractivity (Wildman–Crippen MR) is 104 cm³/mol. The quantitative estimate of drug-likeness (QED) is 0.776. The number of rotatable bonds is 4. The van der Waals surface area contributed by atoms with Gasteiger partial charge in [0.1, 0.15) is 0 Å². The van der Waals surface area contributed by atoms with E-state index in [1.54, 1.807) is 5.06 Å². The van der Waals surface area contributed by atoms with E-state index >= 15 is 0 Å². The average Bonchev–Trinajstić information content (AvgIpc) is 3.13. The Labute approximate surface area is 159 Å². The molecule has 0 radical (unpaired) electrons. The molecule has 2 aliphatic rings. The summed E-state index contributed by atoms with van der Waals surface area (Å²) in [6.45, 7) is 6.22. The summed E-state index contributed by atoms with van der Waals surface area (Å²) in [6, 6.07) is 17.0. The molecule has 2 fully saturated rings. The molecule has 2 saturated heterocycles. The van der Waals surface area contributed by atoms with Crippen molar-refractivity contribution in [3.63, 3.8) is 0 Å². The summed E-state index contributed by atoms with van der Waals surface area (Å²) in [7, 11) is 0. The molecule has 3 atom stereocenters. The number of carbonyl (C=O) groups is 2. The maximum Gasteiger partial charge on any atom is 0.266 e. The Balaban J connectivity index is 1.69. The van der Waals surface area contributed by atoms with E-state index in [1.807, 2.05) is 61.5 Å². The van der Waals surface area contributed by atoms with E-state index in [9.17, 15) is 9.59 Å². The highest BCUT2D eigenvalue weighted by molar-refractivity contribution is 6.23. The van der Waals surface area contributed by atoms with Crippen molar-refractivity contribution >= 4 is 23.2 Å². The lowest BCUT2D eigenvalue weighted by atomic mass is 9.90. The Morgan fingerprint density at radius 1 is 0.926 bits per heavy atom. The fraction of sp³-hybridized carbons (Fsp3) is 0.364. The molecule has 2 aromatic carbocycles. The van der Waals surface area contributed by atoms with Crippen molar-refractivity contribution in [2.24, 2.45) is 11.8 Å². The van der Waals surface area contributed by atoms with E-state index < -0.39 is 12.0 Å². The lowest BCUT2D eigenvalue weighted by Crippen LogP contribution is -2.41. The minimum absolute atomic E-state index is 0.163. The number of carbonyl (C=O) groups excluding carboxylic acids is 2. The van der Waals surface area contributed by atoms with E-state index in [1.165, 1.54) is 4.90 Å². The van der Waals surface area contributed by atoms with Crippen LogP contribution in [-0.2, 0) is 14.4 Å². The molecular weight excluding hydrogens is 340 g/mol. The zero-order valence-corrected chi connectivity index (χ0v) is 15.8. The number of fused-ring (bicyclic) bond motifs is 1. The molecule has 5 heteroatoms. The number of hydrogen-bond acceptors (Lipinski definition) is 4. The van der Waals surface area contributed by atoms with Crippen LogP contribution in [0, 0.1) is 18.8 Å². The number of hydroxylamine groups is 1. The molecule has 2 heterocycles. The van der Waals surface area contributed by atoms with Gasteiger partial charge in [-0.3, -0.25) is 14.4 Å². The van der Waals surface area contributed by atoms with Crippen molar-refractivity contribution in [2.75, 3.05) is 9.96 Å². The van der Waals surface area contributed by atoms with Gasteiger partial charge in [0.05, 0.1) is 23.3 Å². The summed E-state index contributed by atoms with van der Waals surface area (Å²) in [5.74, 6) is -0.555. The number of benzene rings is 2. The Morgan fingerprint density at radius 3 is 2.22 bits per heavy atom. The highest BCUT2D eigenvalue weighted by Gasteiger charge is 2.59. The van der Waals surface area contributed by atoms with Gasteiger partial charge < -0.3 is 0 Å². The van der Waals surface area contributed by atoms with E-state index in [0.717, 1.165) is 17.7 Å². The first kappa shape index (κ1) is 17.7. The third-order valence-electron chi connectivity index (χ3n) is 5.25. The van der Waals surface area contributed by atoms with Gasteiger partial charge in [0.2, 0.25) is 5.91 Å². The van der Waals surface area contributed by atoms with Crippen LogP contribution >= 0.6 is 0 Å². The number of amides is 2. The summed E-state index contributed by atoms with van der Waals surface area (Å²) in [5, 5.41) is 1.78. The fourth-order valence-corrected chi connectivity index (χ4v) is 3.99. The summed E-state index contributed by atoms with van der Waals surface area (Å²) < 4.78 is 0. The first-order chi connectivity index (χ1) is 13.0. The van der Waals surface area contributed by atoms with Gasteiger partial charge in [-0.05, 0) is 43.5 Å². The number of hydrogen-bond donors (Lipinski definition) is 0. The number of anilines is 2. The van der Waals surface area contributed by atoms with Gasteiger partial charge >= 0.3 is 0 Å². The molecular formula is C22H24N2O3. The van der Waals surface area contributed by atoms with Crippen molar-refractivity contribution in [1.82, 2.24) is 0 Å². The second-order valence-corrected chi connectivity index (χ2v) is 7.76. The molecule has 2 aromatic rings. The van der Waals surface area contributed by atoms with Crippen LogP contribution in [0.3, 0.4) is 0 Å². The van der Waals surface area contributed by atoms with Crippen LogP contribution in [0.4, 0.5) is 11.4 Å². The van der Waals surface area contributed by atoms with Crippen LogP contribution < -0.4 is 9.96 Å². The van der Waals surface area contributed by atoms with Crippen LogP contribution in [0.15, 0.2) is 54.6 Å². The van der Waals surface area contributed by atoms with Crippen LogP contribution in [0.5, 0.6) is 0 Å². The van der Waals surface area contributed by atoms with Crippen molar-refractivity contribution in [3.8, 4) is 0 Å². The third-order valence-corrected chi connectivity index (χ3v) is 5.25. The van der Waals surface area contributed by atoms with Crippen molar-refractivity contribution in [3.05, 3.63) is 60.2 Å². The Hall–Kier alpha value is -2.66. The second kappa shape index (κ2) is 6.82. The fourth-order valence-electron chi connectivity index (χ4n) is 3.99. The molecule has 4 rings (SSSR count). The molecule has 2 amide bonds. The van der Waals surface area contributed by atoms with Crippen molar-refractivity contribution < 1.29 is 14.4 Å². The molecule has 0 N–H and O–H groups in total. The second-order valence-electron chi connectivity index (χ2n) is 7.76. The van der Waals surface area contributed by atoms with E-state index in [4.69, 9.17) is 4.84 Å². The van der Waals surface area contributed by atoms with Gasteiger partial charge in [0, 0.05) is 0 Å². The standard InChI is InChI=1S/C22H24N2O3/c1-14(2)13-18-19-20(27-24(18)17-7-5-4-6-8-17)22(26)23(21(19)25)16-11-9-15(3)10-12-16/h4-12,14,18-20H,13H2,1-3H3/t18-,19-,20+/m1/s1. The number of nitrogens with zero attached hydrogens (tertiary/aromatic N) is 2. The zero-order valence-electron chi connectivity index (χ0n) is 15.8. The summed E-state index contributed by atoms with van der Waals surface area (Å²) >= 11 is 0. The highest BCUT2D eigenvalue weighted by Crippen LogP contribution is 2.42. The minimum atomic E-state index is -0.761. The van der Waals surface area contributed by atoms with Crippen LogP contribution in [0.1, 0.15) is 25.8 Å². The van der Waals surface area contributed by atoms with E-state index in [0.29, 0.717) is 11.6 Å². The smallest absolute Gasteiger partial charge is 0.266 e. The normalized spacial score (nSPS) is 24.8. The van der Waals surface area contributed by atoms with Crippen molar-refractivity contribution in [2.45, 2.75) is 39.3 Å². The number of para-hydroxylation sites is 1. The molecule has 5 nitrogen and oxygen atoms in total. The summed E-state index contributed by atoms with van der Waals surface area (Å²) in [6.07, 6.45) is 0.0133.